The topological polar surface area (TPSA) is 34.4 Å². The second kappa shape index (κ2) is 5.10. The molecule has 2 unspecified atom stereocenters. The molecule has 1 aromatic carbocycles. The monoisotopic (exact) mass is 257 g/mol. The molecule has 0 saturated carbocycles. The van der Waals surface area contributed by atoms with Crippen LogP contribution in [0.2, 0.25) is 0 Å². The van der Waals surface area contributed by atoms with Crippen LogP contribution in [0.25, 0.3) is 0 Å². The summed E-state index contributed by atoms with van der Waals surface area (Å²) in [7, 11) is 1.71. The van der Waals surface area contributed by atoms with Gasteiger partial charge < -0.3 is 14.5 Å². The number of aryl methyl sites for hydroxylation is 1. The lowest BCUT2D eigenvalue weighted by atomic mass is 10.1. The molecule has 0 bridgehead atoms. The van der Waals surface area contributed by atoms with Gasteiger partial charge in [-0.25, -0.2) is 0 Å². The summed E-state index contributed by atoms with van der Waals surface area (Å²) in [5.74, 6) is 1.91. The standard InChI is InChI=1S/C16H19NO2/c1-11(16-4-3-9-19-16)17-15-8-6-12-5-7-13(18-2)10-14(12)15/h3-5,7,9-11,15,17H,6,8H2,1-2H3. The van der Waals surface area contributed by atoms with Gasteiger partial charge in [-0.3, -0.25) is 0 Å². The molecule has 1 N–H and O–H groups in total. The highest BCUT2D eigenvalue weighted by molar-refractivity contribution is 5.40. The summed E-state index contributed by atoms with van der Waals surface area (Å²) in [4.78, 5) is 0. The van der Waals surface area contributed by atoms with Crippen LogP contribution in [0.3, 0.4) is 0 Å². The van der Waals surface area contributed by atoms with E-state index >= 15 is 0 Å². The molecule has 0 fully saturated rings. The van der Waals surface area contributed by atoms with Gasteiger partial charge in [0.2, 0.25) is 0 Å². The lowest BCUT2D eigenvalue weighted by molar-refractivity contribution is 0.388. The number of fused-ring (bicyclic) bond motifs is 1. The summed E-state index contributed by atoms with van der Waals surface area (Å²) in [6, 6.07) is 10.9. The van der Waals surface area contributed by atoms with Gasteiger partial charge in [0.15, 0.2) is 0 Å². The molecule has 3 nitrogen and oxygen atoms in total. The van der Waals surface area contributed by atoms with Crippen molar-refractivity contribution in [1.29, 1.82) is 0 Å². The molecular weight excluding hydrogens is 238 g/mol. The summed E-state index contributed by atoms with van der Waals surface area (Å²) in [5, 5.41) is 3.64. The highest BCUT2D eigenvalue weighted by Crippen LogP contribution is 2.35. The van der Waals surface area contributed by atoms with Crippen molar-refractivity contribution in [2.75, 3.05) is 7.11 Å². The van der Waals surface area contributed by atoms with Crippen LogP contribution >= 0.6 is 0 Å². The molecule has 3 heteroatoms. The zero-order chi connectivity index (χ0) is 13.2. The van der Waals surface area contributed by atoms with Crippen LogP contribution < -0.4 is 10.1 Å². The minimum absolute atomic E-state index is 0.220. The average molecular weight is 257 g/mol. The highest BCUT2D eigenvalue weighted by atomic mass is 16.5. The van der Waals surface area contributed by atoms with E-state index in [4.69, 9.17) is 9.15 Å². The molecular formula is C16H19NO2. The van der Waals surface area contributed by atoms with E-state index in [0.717, 1.165) is 24.4 Å². The Morgan fingerprint density at radius 1 is 1.37 bits per heavy atom. The summed E-state index contributed by atoms with van der Waals surface area (Å²) in [5.41, 5.74) is 2.78. The van der Waals surface area contributed by atoms with Gasteiger partial charge in [-0.1, -0.05) is 6.07 Å². The molecule has 3 rings (SSSR count). The molecule has 1 aliphatic carbocycles. The Labute approximate surface area is 113 Å². The van der Waals surface area contributed by atoms with Gasteiger partial charge in [0, 0.05) is 6.04 Å². The predicted molar refractivity (Wildman–Crippen MR) is 74.3 cm³/mol. The molecule has 2 aromatic rings. The van der Waals surface area contributed by atoms with Crippen LogP contribution in [0.15, 0.2) is 41.0 Å². The SMILES string of the molecule is COc1ccc2c(c1)C(NC(C)c1ccco1)CC2. The lowest BCUT2D eigenvalue weighted by Crippen LogP contribution is -2.22. The van der Waals surface area contributed by atoms with Crippen LogP contribution in [-0.4, -0.2) is 7.11 Å². The molecule has 19 heavy (non-hydrogen) atoms. The lowest BCUT2D eigenvalue weighted by Gasteiger charge is -2.19. The maximum absolute atomic E-state index is 5.45. The Morgan fingerprint density at radius 2 is 2.26 bits per heavy atom. The first kappa shape index (κ1) is 12.3. The van der Waals surface area contributed by atoms with Crippen molar-refractivity contribution in [3.05, 3.63) is 53.5 Å². The van der Waals surface area contributed by atoms with E-state index in [2.05, 4.69) is 24.4 Å². The molecule has 0 saturated heterocycles. The number of hydrogen-bond acceptors (Lipinski definition) is 3. The van der Waals surface area contributed by atoms with Gasteiger partial charge in [0.25, 0.3) is 0 Å². The van der Waals surface area contributed by atoms with Crippen LogP contribution in [-0.2, 0) is 6.42 Å². The average Bonchev–Trinajstić information content (AvgIpc) is 3.08. The molecule has 1 heterocycles. The van der Waals surface area contributed by atoms with Crippen molar-refractivity contribution in [3.8, 4) is 5.75 Å². The first-order valence-electron chi connectivity index (χ1n) is 6.74. The number of ether oxygens (including phenoxy) is 1. The smallest absolute Gasteiger partial charge is 0.120 e. The summed E-state index contributed by atoms with van der Waals surface area (Å²) in [6.07, 6.45) is 3.98. The zero-order valence-electron chi connectivity index (χ0n) is 11.3. The fourth-order valence-corrected chi connectivity index (χ4v) is 2.80. The van der Waals surface area contributed by atoms with Crippen molar-refractivity contribution >= 4 is 0 Å². The van der Waals surface area contributed by atoms with Crippen LogP contribution in [0.5, 0.6) is 5.75 Å². The first-order chi connectivity index (χ1) is 9.28. The van der Waals surface area contributed by atoms with Crippen molar-refractivity contribution in [3.63, 3.8) is 0 Å². The number of benzene rings is 1. The zero-order valence-corrected chi connectivity index (χ0v) is 11.3. The quantitative estimate of drug-likeness (QED) is 0.908. The number of methoxy groups -OCH3 is 1. The third-order valence-electron chi connectivity index (χ3n) is 3.85. The van der Waals surface area contributed by atoms with Crippen LogP contribution in [0.1, 0.15) is 42.3 Å². The number of hydrogen-bond donors (Lipinski definition) is 1. The number of rotatable bonds is 4. The summed E-state index contributed by atoms with van der Waals surface area (Å²) < 4.78 is 10.8. The molecule has 1 aliphatic rings. The number of nitrogens with one attached hydrogen (secondary N) is 1. The van der Waals surface area contributed by atoms with Crippen molar-refractivity contribution in [2.24, 2.45) is 0 Å². The molecule has 100 valence electrons. The van der Waals surface area contributed by atoms with Crippen molar-refractivity contribution in [2.45, 2.75) is 31.8 Å². The van der Waals surface area contributed by atoms with E-state index in [1.165, 1.54) is 11.1 Å². The Bertz CT molecular complexity index is 548. The van der Waals surface area contributed by atoms with E-state index in [1.54, 1.807) is 13.4 Å². The van der Waals surface area contributed by atoms with Gasteiger partial charge in [-0.15, -0.1) is 0 Å². The second-order valence-electron chi connectivity index (χ2n) is 5.06. The fourth-order valence-electron chi connectivity index (χ4n) is 2.80. The molecule has 2 atom stereocenters. The van der Waals surface area contributed by atoms with Gasteiger partial charge in [0.05, 0.1) is 19.4 Å². The van der Waals surface area contributed by atoms with E-state index in [9.17, 15) is 0 Å². The Balaban J connectivity index is 1.78. The molecule has 0 aliphatic heterocycles. The van der Waals surface area contributed by atoms with E-state index in [0.29, 0.717) is 6.04 Å². The minimum Gasteiger partial charge on any atom is -0.497 e. The van der Waals surface area contributed by atoms with Crippen molar-refractivity contribution in [1.82, 2.24) is 5.32 Å². The van der Waals surface area contributed by atoms with Crippen LogP contribution in [0.4, 0.5) is 0 Å². The van der Waals surface area contributed by atoms with Gasteiger partial charge in [-0.2, -0.15) is 0 Å². The van der Waals surface area contributed by atoms with Crippen molar-refractivity contribution < 1.29 is 9.15 Å². The van der Waals surface area contributed by atoms with E-state index in [-0.39, 0.29) is 6.04 Å². The first-order valence-corrected chi connectivity index (χ1v) is 6.74. The Kier molecular flexibility index (Phi) is 3.30. The summed E-state index contributed by atoms with van der Waals surface area (Å²) in [6.45, 7) is 2.14. The van der Waals surface area contributed by atoms with E-state index < -0.39 is 0 Å². The molecule has 0 spiro atoms. The summed E-state index contributed by atoms with van der Waals surface area (Å²) >= 11 is 0. The third kappa shape index (κ3) is 2.38. The van der Waals surface area contributed by atoms with Gasteiger partial charge >= 0.3 is 0 Å². The molecule has 1 aromatic heterocycles. The second-order valence-corrected chi connectivity index (χ2v) is 5.06. The Hall–Kier alpha value is -1.74. The van der Waals surface area contributed by atoms with Gasteiger partial charge in [-0.05, 0) is 55.2 Å². The third-order valence-corrected chi connectivity index (χ3v) is 3.85. The minimum atomic E-state index is 0.220. The van der Waals surface area contributed by atoms with Gasteiger partial charge in [0.1, 0.15) is 11.5 Å². The predicted octanol–water partition coefficient (Wildman–Crippen LogP) is 3.63. The fraction of sp³-hybridized carbons (Fsp3) is 0.375. The normalized spacial score (nSPS) is 19.2. The highest BCUT2D eigenvalue weighted by Gasteiger charge is 2.25. The maximum atomic E-state index is 5.45. The van der Waals surface area contributed by atoms with E-state index in [1.807, 2.05) is 18.2 Å². The largest absolute Gasteiger partial charge is 0.497 e. The molecule has 0 amide bonds. The Morgan fingerprint density at radius 3 is 3.00 bits per heavy atom. The molecule has 0 radical (unpaired) electrons. The number of furan rings is 1. The van der Waals surface area contributed by atoms with Crippen LogP contribution in [0, 0.1) is 0 Å². The maximum Gasteiger partial charge on any atom is 0.120 e.